The van der Waals surface area contributed by atoms with Crippen LogP contribution in [-0.2, 0) is 7.05 Å². The van der Waals surface area contributed by atoms with E-state index in [0.29, 0.717) is 16.7 Å². The Morgan fingerprint density at radius 1 is 1.09 bits per heavy atom. The molecule has 1 aromatic heterocycles. The fourth-order valence-electron chi connectivity index (χ4n) is 3.50. The molecule has 178 valence electrons. The van der Waals surface area contributed by atoms with Crippen molar-refractivity contribution in [1.82, 2.24) is 9.88 Å². The normalized spacial score (nSPS) is 12.7. The molecule has 3 N–H and O–H groups in total. The highest BCUT2D eigenvalue weighted by molar-refractivity contribution is 6.30. The molecule has 7 nitrogen and oxygen atoms in total. The molecule has 9 heteroatoms. The molecule has 2 atom stereocenters. The third-order valence-electron chi connectivity index (χ3n) is 5.42. The van der Waals surface area contributed by atoms with Gasteiger partial charge in [-0.3, -0.25) is 14.4 Å². The number of rotatable bonds is 9. The van der Waals surface area contributed by atoms with Crippen LogP contribution in [0.5, 0.6) is 0 Å². The molecule has 0 saturated heterocycles. The van der Waals surface area contributed by atoms with Gasteiger partial charge in [0.2, 0.25) is 5.56 Å². The van der Waals surface area contributed by atoms with Gasteiger partial charge in [0.15, 0.2) is 5.78 Å². The lowest BCUT2D eigenvalue weighted by Crippen LogP contribution is -2.33. The molecule has 0 aliphatic carbocycles. The van der Waals surface area contributed by atoms with E-state index in [1.165, 1.54) is 53.2 Å². The van der Waals surface area contributed by atoms with Gasteiger partial charge in [0.1, 0.15) is 5.82 Å². The monoisotopic (exact) mass is 486 g/mol. The Bertz CT molecular complexity index is 1240. The van der Waals surface area contributed by atoms with E-state index < -0.39 is 30.4 Å². The van der Waals surface area contributed by atoms with Crippen molar-refractivity contribution < 1.29 is 24.2 Å². The van der Waals surface area contributed by atoms with Crippen LogP contribution in [0.15, 0.2) is 65.6 Å². The maximum Gasteiger partial charge on any atom is 0.251 e. The number of nitrogens with zero attached hydrogens (tertiary/aromatic N) is 1. The molecule has 0 saturated carbocycles. The number of aryl methyl sites for hydroxylation is 1. The number of hydrogen-bond donors (Lipinski definition) is 3. The zero-order valence-corrected chi connectivity index (χ0v) is 19.1. The van der Waals surface area contributed by atoms with E-state index in [4.69, 9.17) is 16.7 Å². The molecule has 3 rings (SSSR count). The van der Waals surface area contributed by atoms with E-state index in [0.717, 1.165) is 0 Å². The molecule has 0 fully saturated rings. The van der Waals surface area contributed by atoms with Crippen molar-refractivity contribution in [2.45, 2.75) is 18.4 Å². The van der Waals surface area contributed by atoms with Crippen molar-refractivity contribution in [3.8, 4) is 0 Å². The molecule has 2 unspecified atom stereocenters. The van der Waals surface area contributed by atoms with Crippen molar-refractivity contribution in [2.24, 2.45) is 7.05 Å². The predicted molar refractivity (Wildman–Crippen MR) is 126 cm³/mol. The van der Waals surface area contributed by atoms with Gasteiger partial charge in [-0.05, 0) is 41.5 Å². The molecule has 0 radical (unpaired) electrons. The number of nitrogens with one attached hydrogen (secondary N) is 1. The summed E-state index contributed by atoms with van der Waals surface area (Å²) in [5.74, 6) is -1.97. The molecule has 0 bridgehead atoms. The number of pyridine rings is 1. The summed E-state index contributed by atoms with van der Waals surface area (Å²) in [7, 11) is 1.54. The summed E-state index contributed by atoms with van der Waals surface area (Å²) >= 11 is 5.90. The van der Waals surface area contributed by atoms with Gasteiger partial charge in [0, 0.05) is 54.3 Å². The van der Waals surface area contributed by atoms with Crippen LogP contribution in [0.1, 0.15) is 44.2 Å². The lowest BCUT2D eigenvalue weighted by molar-refractivity contribution is 0.0802. The number of aliphatic hydroxyl groups is 2. The summed E-state index contributed by atoms with van der Waals surface area (Å²) in [4.78, 5) is 36.9. The molecule has 0 aliphatic rings. The first-order valence-electron chi connectivity index (χ1n) is 10.5. The second kappa shape index (κ2) is 11.2. The number of aliphatic hydroxyl groups excluding tert-OH is 2. The number of benzene rings is 2. The summed E-state index contributed by atoms with van der Waals surface area (Å²) in [5.41, 5.74) is 1.24. The Morgan fingerprint density at radius 3 is 2.38 bits per heavy atom. The van der Waals surface area contributed by atoms with Gasteiger partial charge in [-0.1, -0.05) is 29.8 Å². The molecule has 0 aliphatic heterocycles. The molecule has 2 aromatic carbocycles. The van der Waals surface area contributed by atoms with E-state index >= 15 is 0 Å². The van der Waals surface area contributed by atoms with Crippen molar-refractivity contribution in [1.29, 1.82) is 0 Å². The number of hydrogen-bond acceptors (Lipinski definition) is 5. The number of halogens is 2. The molecule has 0 spiro atoms. The average molecular weight is 487 g/mol. The minimum absolute atomic E-state index is 0.0784. The van der Waals surface area contributed by atoms with Crippen LogP contribution in [-0.4, -0.2) is 45.7 Å². The van der Waals surface area contributed by atoms with E-state index in [2.05, 4.69) is 5.32 Å². The molecular weight excluding hydrogens is 463 g/mol. The van der Waals surface area contributed by atoms with Gasteiger partial charge in [0.05, 0.1) is 12.7 Å². The van der Waals surface area contributed by atoms with Crippen LogP contribution < -0.4 is 10.9 Å². The largest absolute Gasteiger partial charge is 0.394 e. The second-order valence-electron chi connectivity index (χ2n) is 7.88. The van der Waals surface area contributed by atoms with Gasteiger partial charge in [-0.25, -0.2) is 4.39 Å². The topological polar surface area (TPSA) is 109 Å². The number of carbonyl (C=O) groups is 2. The molecule has 1 amide bonds. The fourth-order valence-corrected chi connectivity index (χ4v) is 3.66. The van der Waals surface area contributed by atoms with E-state index in [-0.39, 0.29) is 34.9 Å². The minimum atomic E-state index is -1.07. The van der Waals surface area contributed by atoms with Crippen LogP contribution >= 0.6 is 11.6 Å². The number of carbonyl (C=O) groups excluding carboxylic acids is 2. The highest BCUT2D eigenvalue weighted by Crippen LogP contribution is 2.32. The third kappa shape index (κ3) is 6.17. The first-order chi connectivity index (χ1) is 16.2. The average Bonchev–Trinajstić information content (AvgIpc) is 2.82. The van der Waals surface area contributed by atoms with E-state index in [1.807, 2.05) is 0 Å². The van der Waals surface area contributed by atoms with E-state index in [1.54, 1.807) is 19.2 Å². The summed E-state index contributed by atoms with van der Waals surface area (Å²) in [5, 5.41) is 21.0. The van der Waals surface area contributed by atoms with Crippen LogP contribution in [0, 0.1) is 5.82 Å². The summed E-state index contributed by atoms with van der Waals surface area (Å²) in [6.07, 6.45) is 0.295. The van der Waals surface area contributed by atoms with Crippen LogP contribution in [0.25, 0.3) is 0 Å². The number of aromatic nitrogens is 1. The first-order valence-corrected chi connectivity index (χ1v) is 10.9. The molecule has 1 heterocycles. The van der Waals surface area contributed by atoms with Crippen LogP contribution in [0.4, 0.5) is 4.39 Å². The van der Waals surface area contributed by atoms with Crippen LogP contribution in [0.3, 0.4) is 0 Å². The van der Waals surface area contributed by atoms with Crippen molar-refractivity contribution >= 4 is 23.3 Å². The Morgan fingerprint density at radius 2 is 1.76 bits per heavy atom. The standard InChI is InChI=1S/C25H24ClFN2O5/c1-29-13-17(6-9-24(29)33)23(32)11-21(20-8-7-18(26)10-22(20)27)15-2-4-16(5-3-15)25(34)28-12-19(31)14-30/h2-10,13,19,21,30-31H,11-12,14H2,1H3,(H,28,34). The van der Waals surface area contributed by atoms with Crippen molar-refractivity contribution in [3.05, 3.63) is 104 Å². The lowest BCUT2D eigenvalue weighted by Gasteiger charge is -2.19. The minimum Gasteiger partial charge on any atom is -0.394 e. The zero-order chi connectivity index (χ0) is 24.8. The van der Waals surface area contributed by atoms with Gasteiger partial charge in [0.25, 0.3) is 5.91 Å². The Balaban J connectivity index is 1.91. The SMILES string of the molecule is Cn1cc(C(=O)CC(c2ccc(C(=O)NCC(O)CO)cc2)c2ccc(Cl)cc2F)ccc1=O. The van der Waals surface area contributed by atoms with Gasteiger partial charge >= 0.3 is 0 Å². The van der Waals surface area contributed by atoms with Gasteiger partial charge in [-0.15, -0.1) is 0 Å². The first kappa shape index (κ1) is 25.3. The van der Waals surface area contributed by atoms with Gasteiger partial charge in [-0.2, -0.15) is 0 Å². The number of ketones is 1. The van der Waals surface area contributed by atoms with E-state index in [9.17, 15) is 23.9 Å². The Hall–Kier alpha value is -3.33. The second-order valence-corrected chi connectivity index (χ2v) is 8.32. The Kier molecular flexibility index (Phi) is 8.33. The molecule has 3 aromatic rings. The quantitative estimate of drug-likeness (QED) is 0.403. The summed E-state index contributed by atoms with van der Waals surface area (Å²) < 4.78 is 16.1. The maximum atomic E-state index is 14.8. The third-order valence-corrected chi connectivity index (χ3v) is 5.65. The highest BCUT2D eigenvalue weighted by atomic mass is 35.5. The summed E-state index contributed by atoms with van der Waals surface area (Å²) in [6, 6.07) is 13.3. The van der Waals surface area contributed by atoms with Crippen LogP contribution in [0.2, 0.25) is 5.02 Å². The smallest absolute Gasteiger partial charge is 0.251 e. The van der Waals surface area contributed by atoms with Crippen molar-refractivity contribution in [2.75, 3.05) is 13.2 Å². The van der Waals surface area contributed by atoms with Gasteiger partial charge < -0.3 is 20.1 Å². The maximum absolute atomic E-state index is 14.8. The number of amides is 1. The molecule has 34 heavy (non-hydrogen) atoms. The number of Topliss-reactive ketones (excluding diaryl/α,β-unsaturated/α-hetero) is 1. The molecular formula is C25H24ClFN2O5. The summed E-state index contributed by atoms with van der Waals surface area (Å²) in [6.45, 7) is -0.582. The fraction of sp³-hybridized carbons (Fsp3) is 0.240. The lowest BCUT2D eigenvalue weighted by atomic mass is 9.85. The highest BCUT2D eigenvalue weighted by Gasteiger charge is 2.23. The van der Waals surface area contributed by atoms with Crippen molar-refractivity contribution in [3.63, 3.8) is 0 Å². The Labute approximate surface area is 200 Å². The predicted octanol–water partition coefficient (Wildman–Crippen LogP) is 2.67. The zero-order valence-electron chi connectivity index (χ0n) is 18.4.